The number of anilines is 1. The van der Waals surface area contributed by atoms with Gasteiger partial charge in [-0.2, -0.15) is 0 Å². The highest BCUT2D eigenvalue weighted by molar-refractivity contribution is 6.33. The number of methoxy groups -OCH3 is 1. The lowest BCUT2D eigenvalue weighted by atomic mass is 10.0. The molecule has 2 aromatic carbocycles. The number of halogens is 1. The zero-order valence-corrected chi connectivity index (χ0v) is 14.1. The maximum absolute atomic E-state index is 6.44. The fourth-order valence-corrected chi connectivity index (χ4v) is 4.05. The van der Waals surface area contributed by atoms with Crippen LogP contribution < -0.4 is 15.0 Å². The van der Waals surface area contributed by atoms with E-state index in [1.165, 1.54) is 23.2 Å². The van der Waals surface area contributed by atoms with Gasteiger partial charge in [0.25, 0.3) is 0 Å². The summed E-state index contributed by atoms with van der Waals surface area (Å²) in [6.07, 6.45) is 2.35. The van der Waals surface area contributed by atoms with E-state index < -0.39 is 0 Å². The van der Waals surface area contributed by atoms with Crippen LogP contribution in [0.25, 0.3) is 11.1 Å². The molecule has 0 saturated carbocycles. The third-order valence-electron chi connectivity index (χ3n) is 4.96. The van der Waals surface area contributed by atoms with Crippen LogP contribution in [-0.2, 0) is 6.42 Å². The van der Waals surface area contributed by atoms with Crippen molar-refractivity contribution in [1.29, 1.82) is 0 Å². The topological polar surface area (TPSA) is 24.5 Å². The molecular formula is C19H21ClN2O. The van der Waals surface area contributed by atoms with Crippen molar-refractivity contribution in [2.24, 2.45) is 0 Å². The Balaban J connectivity index is 1.69. The lowest BCUT2D eigenvalue weighted by Gasteiger charge is -2.24. The lowest BCUT2D eigenvalue weighted by Crippen LogP contribution is -2.32. The van der Waals surface area contributed by atoms with Crippen molar-refractivity contribution in [2.75, 3.05) is 31.6 Å². The average Bonchev–Trinajstić information content (AvgIpc) is 2.75. The number of hydrogen-bond donors (Lipinski definition) is 1. The van der Waals surface area contributed by atoms with Gasteiger partial charge in [-0.15, -0.1) is 0 Å². The summed E-state index contributed by atoms with van der Waals surface area (Å²) in [5.74, 6) is 0.792. The van der Waals surface area contributed by atoms with Crippen molar-refractivity contribution < 1.29 is 4.74 Å². The maximum Gasteiger partial charge on any atom is 0.120 e. The number of fused-ring (bicyclic) bond motifs is 3. The van der Waals surface area contributed by atoms with Gasteiger partial charge in [0.05, 0.1) is 12.1 Å². The molecule has 1 unspecified atom stereocenters. The molecule has 3 nitrogen and oxygen atoms in total. The van der Waals surface area contributed by atoms with E-state index >= 15 is 0 Å². The van der Waals surface area contributed by atoms with Crippen LogP contribution in [-0.4, -0.2) is 32.8 Å². The van der Waals surface area contributed by atoms with Gasteiger partial charge in [-0.25, -0.2) is 0 Å². The Morgan fingerprint density at radius 3 is 2.91 bits per heavy atom. The molecule has 1 fully saturated rings. The molecule has 2 aromatic rings. The Kier molecular flexibility index (Phi) is 3.92. The largest absolute Gasteiger partial charge is 0.497 e. The number of benzene rings is 2. The molecule has 1 saturated heterocycles. The first-order chi connectivity index (χ1) is 11.3. The van der Waals surface area contributed by atoms with E-state index in [9.17, 15) is 0 Å². The van der Waals surface area contributed by atoms with Crippen molar-refractivity contribution in [2.45, 2.75) is 18.9 Å². The van der Waals surface area contributed by atoms with Crippen LogP contribution in [0.2, 0.25) is 5.02 Å². The van der Waals surface area contributed by atoms with E-state index in [1.54, 1.807) is 7.11 Å². The van der Waals surface area contributed by atoms with Gasteiger partial charge >= 0.3 is 0 Å². The van der Waals surface area contributed by atoms with Crippen LogP contribution in [0.15, 0.2) is 36.4 Å². The molecule has 0 amide bonds. The molecule has 0 aromatic heterocycles. The van der Waals surface area contributed by atoms with Gasteiger partial charge in [0, 0.05) is 30.4 Å². The summed E-state index contributed by atoms with van der Waals surface area (Å²) in [5.41, 5.74) is 5.10. The molecule has 2 heterocycles. The zero-order valence-electron chi connectivity index (χ0n) is 13.3. The Morgan fingerprint density at radius 1 is 1.17 bits per heavy atom. The van der Waals surface area contributed by atoms with Crippen molar-refractivity contribution in [1.82, 2.24) is 5.32 Å². The second-order valence-corrected chi connectivity index (χ2v) is 6.69. The minimum absolute atomic E-state index is 0.640. The van der Waals surface area contributed by atoms with Gasteiger partial charge in [0.1, 0.15) is 5.75 Å². The fraction of sp³-hybridized carbons (Fsp3) is 0.368. The molecule has 0 bridgehead atoms. The Labute approximate surface area is 142 Å². The normalized spacial score (nSPS) is 19.9. The molecule has 23 heavy (non-hydrogen) atoms. The predicted molar refractivity (Wildman–Crippen MR) is 95.8 cm³/mol. The van der Waals surface area contributed by atoms with Gasteiger partial charge in [0.2, 0.25) is 0 Å². The van der Waals surface area contributed by atoms with Gasteiger partial charge in [0.15, 0.2) is 0 Å². The predicted octanol–water partition coefficient (Wildman–Crippen LogP) is 3.74. The molecule has 1 atom stereocenters. The van der Waals surface area contributed by atoms with E-state index in [0.29, 0.717) is 6.04 Å². The first-order valence-electron chi connectivity index (χ1n) is 8.20. The standard InChI is InChI=1S/C19H21ClN2O/c1-23-16-3-4-17(18(20)12-16)13-2-5-19-14(10-13)11-15-6-7-21-8-9-22(15)19/h2-5,10,12,15,21H,6-9,11H2,1H3. The van der Waals surface area contributed by atoms with Gasteiger partial charge in [-0.3, -0.25) is 0 Å². The minimum Gasteiger partial charge on any atom is -0.497 e. The third-order valence-corrected chi connectivity index (χ3v) is 5.27. The summed E-state index contributed by atoms with van der Waals surface area (Å²) in [6, 6.07) is 13.3. The third kappa shape index (κ3) is 2.68. The average molecular weight is 329 g/mol. The number of ether oxygens (including phenoxy) is 1. The second-order valence-electron chi connectivity index (χ2n) is 6.28. The number of nitrogens with one attached hydrogen (secondary N) is 1. The second kappa shape index (κ2) is 6.06. The summed E-state index contributed by atoms with van der Waals surface area (Å²) in [4.78, 5) is 2.56. The molecule has 1 N–H and O–H groups in total. The Hall–Kier alpha value is -1.71. The maximum atomic E-state index is 6.44. The van der Waals surface area contributed by atoms with Crippen LogP contribution in [0.3, 0.4) is 0 Å². The summed E-state index contributed by atoms with van der Waals surface area (Å²) in [7, 11) is 1.66. The minimum atomic E-state index is 0.640. The number of rotatable bonds is 2. The summed E-state index contributed by atoms with van der Waals surface area (Å²) < 4.78 is 5.24. The lowest BCUT2D eigenvalue weighted by molar-refractivity contribution is 0.415. The summed E-state index contributed by atoms with van der Waals surface area (Å²) in [6.45, 7) is 3.29. The zero-order chi connectivity index (χ0) is 15.8. The molecule has 0 aliphatic carbocycles. The number of hydrogen-bond acceptors (Lipinski definition) is 3. The van der Waals surface area contributed by atoms with Crippen molar-refractivity contribution in [3.63, 3.8) is 0 Å². The van der Waals surface area contributed by atoms with Crippen LogP contribution in [0, 0.1) is 0 Å². The highest BCUT2D eigenvalue weighted by atomic mass is 35.5. The van der Waals surface area contributed by atoms with E-state index in [1.807, 2.05) is 18.2 Å². The SMILES string of the molecule is COc1ccc(-c2ccc3c(c2)CC2CCNCCN32)c(Cl)c1. The number of nitrogens with zero attached hydrogens (tertiary/aromatic N) is 1. The van der Waals surface area contributed by atoms with Gasteiger partial charge in [-0.1, -0.05) is 17.7 Å². The summed E-state index contributed by atoms with van der Waals surface area (Å²) >= 11 is 6.44. The summed E-state index contributed by atoms with van der Waals surface area (Å²) in [5, 5.41) is 4.23. The molecule has 120 valence electrons. The van der Waals surface area contributed by atoms with Gasteiger partial charge in [-0.05, 0) is 60.8 Å². The molecule has 4 heteroatoms. The fourth-order valence-electron chi connectivity index (χ4n) is 3.77. The molecule has 2 aliphatic heterocycles. The molecule has 0 radical (unpaired) electrons. The van der Waals surface area contributed by atoms with Crippen LogP contribution >= 0.6 is 11.6 Å². The smallest absolute Gasteiger partial charge is 0.120 e. The molecule has 0 spiro atoms. The first-order valence-corrected chi connectivity index (χ1v) is 8.58. The van der Waals surface area contributed by atoms with Crippen LogP contribution in [0.1, 0.15) is 12.0 Å². The van der Waals surface area contributed by atoms with Crippen LogP contribution in [0.5, 0.6) is 5.75 Å². The van der Waals surface area contributed by atoms with Crippen molar-refractivity contribution in [3.05, 3.63) is 47.0 Å². The molecular weight excluding hydrogens is 308 g/mol. The van der Waals surface area contributed by atoms with Gasteiger partial charge < -0.3 is 15.0 Å². The van der Waals surface area contributed by atoms with E-state index in [-0.39, 0.29) is 0 Å². The Morgan fingerprint density at radius 2 is 2.09 bits per heavy atom. The quantitative estimate of drug-likeness (QED) is 0.909. The first kappa shape index (κ1) is 14.9. The highest BCUT2D eigenvalue weighted by Gasteiger charge is 2.30. The molecule has 4 rings (SSSR count). The van der Waals surface area contributed by atoms with E-state index in [2.05, 4.69) is 28.4 Å². The highest BCUT2D eigenvalue weighted by Crippen LogP contribution is 2.38. The van der Waals surface area contributed by atoms with Crippen molar-refractivity contribution in [3.8, 4) is 16.9 Å². The molecule has 2 aliphatic rings. The monoisotopic (exact) mass is 328 g/mol. The van der Waals surface area contributed by atoms with E-state index in [4.69, 9.17) is 16.3 Å². The van der Waals surface area contributed by atoms with Crippen molar-refractivity contribution >= 4 is 17.3 Å². The van der Waals surface area contributed by atoms with E-state index in [0.717, 1.165) is 42.4 Å². The van der Waals surface area contributed by atoms with Crippen LogP contribution in [0.4, 0.5) is 5.69 Å². The Bertz CT molecular complexity index is 731.